The number of nitrogens with one attached hydrogen (secondary N) is 1. The van der Waals surface area contributed by atoms with E-state index in [0.29, 0.717) is 24.3 Å². The van der Waals surface area contributed by atoms with Crippen LogP contribution >= 0.6 is 0 Å². The standard InChI is InChI=1S/C24H30N2O7S/c1-4-32-24(29)21-16(2)22(25-17(21)3)20(27)15-33-23(28)18-9-11-19(12-10-18)34(30,31)26-13-7-5-6-8-14-26/h9-12,25H,4-8,13-15H2,1-3H3. The van der Waals surface area contributed by atoms with Crippen LogP contribution in [-0.2, 0) is 19.5 Å². The molecule has 0 atom stereocenters. The van der Waals surface area contributed by atoms with Crippen LogP contribution < -0.4 is 0 Å². The molecule has 0 radical (unpaired) electrons. The smallest absolute Gasteiger partial charge is 0.340 e. The van der Waals surface area contributed by atoms with Gasteiger partial charge in [-0.2, -0.15) is 4.31 Å². The summed E-state index contributed by atoms with van der Waals surface area (Å²) >= 11 is 0. The van der Waals surface area contributed by atoms with E-state index in [1.807, 2.05) is 0 Å². The van der Waals surface area contributed by atoms with Crippen molar-refractivity contribution in [2.24, 2.45) is 0 Å². The highest BCUT2D eigenvalue weighted by Crippen LogP contribution is 2.22. The fraction of sp³-hybridized carbons (Fsp3) is 0.458. The number of benzene rings is 1. The third kappa shape index (κ3) is 5.56. The first-order chi connectivity index (χ1) is 16.2. The fourth-order valence-electron chi connectivity index (χ4n) is 4.02. The molecule has 1 N–H and O–H groups in total. The zero-order valence-electron chi connectivity index (χ0n) is 19.7. The van der Waals surface area contributed by atoms with Gasteiger partial charge in [0.05, 0.1) is 28.3 Å². The third-order valence-corrected chi connectivity index (χ3v) is 7.74. The van der Waals surface area contributed by atoms with Crippen LogP contribution in [0, 0.1) is 13.8 Å². The Hall–Kier alpha value is -2.98. The van der Waals surface area contributed by atoms with E-state index in [1.165, 1.54) is 28.6 Å². The number of aryl methyl sites for hydroxylation is 1. The molecule has 0 saturated carbocycles. The Labute approximate surface area is 199 Å². The fourth-order valence-corrected chi connectivity index (χ4v) is 5.54. The van der Waals surface area contributed by atoms with Crippen LogP contribution in [0.1, 0.15) is 75.1 Å². The summed E-state index contributed by atoms with van der Waals surface area (Å²) in [6.07, 6.45) is 3.69. The summed E-state index contributed by atoms with van der Waals surface area (Å²) in [5.41, 5.74) is 1.52. The average Bonchev–Trinajstić information content (AvgIpc) is 2.98. The number of carbonyl (C=O) groups is 3. The van der Waals surface area contributed by atoms with Gasteiger partial charge < -0.3 is 14.5 Å². The zero-order chi connectivity index (χ0) is 24.9. The van der Waals surface area contributed by atoms with Gasteiger partial charge in [0.15, 0.2) is 6.61 Å². The van der Waals surface area contributed by atoms with Crippen molar-refractivity contribution in [1.29, 1.82) is 0 Å². The highest BCUT2D eigenvalue weighted by atomic mass is 32.2. The molecule has 2 aromatic rings. The molecule has 1 aromatic heterocycles. The molecule has 34 heavy (non-hydrogen) atoms. The Morgan fingerprint density at radius 1 is 0.941 bits per heavy atom. The summed E-state index contributed by atoms with van der Waals surface area (Å²) in [4.78, 5) is 40.1. The van der Waals surface area contributed by atoms with Crippen molar-refractivity contribution in [2.75, 3.05) is 26.3 Å². The number of ketones is 1. The first-order valence-corrected chi connectivity index (χ1v) is 12.8. The average molecular weight is 491 g/mol. The lowest BCUT2D eigenvalue weighted by Gasteiger charge is -2.19. The molecule has 0 aliphatic carbocycles. The van der Waals surface area contributed by atoms with Crippen LogP contribution in [0.3, 0.4) is 0 Å². The van der Waals surface area contributed by atoms with Crippen LogP contribution in [0.5, 0.6) is 0 Å². The van der Waals surface area contributed by atoms with Gasteiger partial charge in [0.1, 0.15) is 0 Å². The molecular weight excluding hydrogens is 460 g/mol. The number of rotatable bonds is 8. The van der Waals surface area contributed by atoms with Gasteiger partial charge in [-0.25, -0.2) is 18.0 Å². The maximum absolute atomic E-state index is 12.9. The number of ether oxygens (including phenoxy) is 2. The summed E-state index contributed by atoms with van der Waals surface area (Å²) in [6.45, 7) is 5.63. The Morgan fingerprint density at radius 3 is 2.15 bits per heavy atom. The molecule has 1 fully saturated rings. The van der Waals surface area contributed by atoms with E-state index in [0.717, 1.165) is 25.7 Å². The second kappa shape index (κ2) is 11.0. The maximum Gasteiger partial charge on any atom is 0.340 e. The van der Waals surface area contributed by atoms with Gasteiger partial charge in [0, 0.05) is 18.8 Å². The molecule has 9 nitrogen and oxygen atoms in total. The molecule has 10 heteroatoms. The number of H-pyrrole nitrogens is 1. The van der Waals surface area contributed by atoms with E-state index in [-0.39, 0.29) is 28.3 Å². The van der Waals surface area contributed by atoms with Crippen molar-refractivity contribution in [3.05, 3.63) is 52.3 Å². The van der Waals surface area contributed by atoms with E-state index in [9.17, 15) is 22.8 Å². The molecule has 0 bridgehead atoms. The van der Waals surface area contributed by atoms with Gasteiger partial charge in [-0.1, -0.05) is 12.8 Å². The summed E-state index contributed by atoms with van der Waals surface area (Å²) in [5, 5.41) is 0. The lowest BCUT2D eigenvalue weighted by Crippen LogP contribution is -2.31. The normalized spacial score (nSPS) is 14.9. The van der Waals surface area contributed by atoms with E-state index in [4.69, 9.17) is 9.47 Å². The van der Waals surface area contributed by atoms with Gasteiger partial charge in [0.25, 0.3) is 0 Å². The summed E-state index contributed by atoms with van der Waals surface area (Å²) in [5.74, 6) is -1.77. The first kappa shape index (κ1) is 25.6. The van der Waals surface area contributed by atoms with Crippen LogP contribution in [0.25, 0.3) is 0 Å². The van der Waals surface area contributed by atoms with Crippen molar-refractivity contribution in [3.63, 3.8) is 0 Å². The Kier molecular flexibility index (Phi) is 8.27. The lowest BCUT2D eigenvalue weighted by molar-refractivity contribution is 0.0472. The van der Waals surface area contributed by atoms with E-state index in [2.05, 4.69) is 4.98 Å². The van der Waals surface area contributed by atoms with Crippen LogP contribution in [0.2, 0.25) is 0 Å². The third-order valence-electron chi connectivity index (χ3n) is 5.82. The van der Waals surface area contributed by atoms with Crippen molar-refractivity contribution in [3.8, 4) is 0 Å². The van der Waals surface area contributed by atoms with Crippen molar-refractivity contribution < 1.29 is 32.3 Å². The van der Waals surface area contributed by atoms with Gasteiger partial charge >= 0.3 is 11.9 Å². The Bertz CT molecular complexity index is 1160. The van der Waals surface area contributed by atoms with Gasteiger partial charge in [0.2, 0.25) is 15.8 Å². The molecular formula is C24H30N2O7S. The predicted octanol–water partition coefficient (Wildman–Crippen LogP) is 3.41. The maximum atomic E-state index is 12.9. The molecule has 0 amide bonds. The quantitative estimate of drug-likeness (QED) is 0.444. The van der Waals surface area contributed by atoms with Gasteiger partial charge in [-0.15, -0.1) is 0 Å². The molecule has 1 saturated heterocycles. The van der Waals surface area contributed by atoms with Crippen LogP contribution in [0.15, 0.2) is 29.2 Å². The molecule has 1 aliphatic rings. The number of hydrogen-bond donors (Lipinski definition) is 1. The number of hydrogen-bond acceptors (Lipinski definition) is 7. The van der Waals surface area contributed by atoms with Crippen molar-refractivity contribution in [2.45, 2.75) is 51.3 Å². The van der Waals surface area contributed by atoms with Crippen LogP contribution in [0.4, 0.5) is 0 Å². The number of carbonyl (C=O) groups excluding carboxylic acids is 3. The van der Waals surface area contributed by atoms with Crippen LogP contribution in [-0.4, -0.2) is 61.7 Å². The number of aromatic amines is 1. The minimum Gasteiger partial charge on any atom is -0.462 e. The molecule has 3 rings (SSSR count). The summed E-state index contributed by atoms with van der Waals surface area (Å²) in [7, 11) is -3.62. The monoisotopic (exact) mass is 490 g/mol. The summed E-state index contributed by atoms with van der Waals surface area (Å²) in [6, 6.07) is 5.51. The molecule has 0 unspecified atom stereocenters. The highest BCUT2D eigenvalue weighted by Gasteiger charge is 2.26. The molecule has 0 spiro atoms. The lowest BCUT2D eigenvalue weighted by atomic mass is 10.1. The van der Waals surface area contributed by atoms with E-state index >= 15 is 0 Å². The molecule has 184 valence electrons. The van der Waals surface area contributed by atoms with E-state index < -0.39 is 34.4 Å². The van der Waals surface area contributed by atoms with Crippen molar-refractivity contribution >= 4 is 27.7 Å². The number of aromatic nitrogens is 1. The predicted molar refractivity (Wildman–Crippen MR) is 125 cm³/mol. The SMILES string of the molecule is CCOC(=O)c1c(C)[nH]c(C(=O)COC(=O)c2ccc(S(=O)(=O)N3CCCCCC3)cc2)c1C. The Balaban J connectivity index is 1.65. The number of sulfonamides is 1. The van der Waals surface area contributed by atoms with Gasteiger partial charge in [-0.05, 0) is 63.4 Å². The topological polar surface area (TPSA) is 123 Å². The number of Topliss-reactive ketones (excluding diaryl/α,β-unsaturated/α-hetero) is 1. The Morgan fingerprint density at radius 2 is 1.56 bits per heavy atom. The molecule has 1 aliphatic heterocycles. The second-order valence-electron chi connectivity index (χ2n) is 8.19. The van der Waals surface area contributed by atoms with Gasteiger partial charge in [-0.3, -0.25) is 4.79 Å². The largest absolute Gasteiger partial charge is 0.462 e. The minimum atomic E-state index is -3.62. The highest BCUT2D eigenvalue weighted by molar-refractivity contribution is 7.89. The number of esters is 2. The van der Waals surface area contributed by atoms with Crippen molar-refractivity contribution in [1.82, 2.24) is 9.29 Å². The minimum absolute atomic E-state index is 0.117. The summed E-state index contributed by atoms with van der Waals surface area (Å²) < 4.78 is 37.4. The zero-order valence-corrected chi connectivity index (χ0v) is 20.5. The number of nitrogens with zero attached hydrogens (tertiary/aromatic N) is 1. The van der Waals surface area contributed by atoms with E-state index in [1.54, 1.807) is 20.8 Å². The second-order valence-corrected chi connectivity index (χ2v) is 10.1. The molecule has 2 heterocycles. The molecule has 1 aromatic carbocycles. The first-order valence-electron chi connectivity index (χ1n) is 11.3.